The van der Waals surface area contributed by atoms with Gasteiger partial charge in [0.2, 0.25) is 5.95 Å². The highest BCUT2D eigenvalue weighted by Crippen LogP contribution is 2.29. The van der Waals surface area contributed by atoms with Gasteiger partial charge in [-0.2, -0.15) is 10.1 Å². The van der Waals surface area contributed by atoms with Gasteiger partial charge < -0.3 is 20.6 Å². The number of aliphatic hydroxyl groups is 1. The third-order valence-electron chi connectivity index (χ3n) is 4.96. The number of pyridine rings is 1. The average molecular weight is 429 g/mol. The third kappa shape index (κ3) is 5.48. The molecule has 1 aliphatic heterocycles. The Labute approximate surface area is 184 Å². The first kappa shape index (κ1) is 24.5. The molecule has 3 aromatic heterocycles. The Morgan fingerprint density at radius 2 is 1.97 bits per heavy atom. The van der Waals surface area contributed by atoms with E-state index in [0.717, 1.165) is 73.2 Å². The van der Waals surface area contributed by atoms with Gasteiger partial charge in [0, 0.05) is 45.5 Å². The van der Waals surface area contributed by atoms with E-state index < -0.39 is 0 Å². The van der Waals surface area contributed by atoms with Crippen LogP contribution in [0.4, 0.5) is 17.6 Å². The second kappa shape index (κ2) is 11.6. The van der Waals surface area contributed by atoms with Crippen molar-refractivity contribution in [1.82, 2.24) is 30.0 Å². The minimum absolute atomic E-state index is 0.336. The van der Waals surface area contributed by atoms with Crippen molar-refractivity contribution in [2.75, 3.05) is 37.0 Å². The quantitative estimate of drug-likeness (QED) is 0.583. The molecule has 0 spiro atoms. The fourth-order valence-electron chi connectivity index (χ4n) is 3.53. The Morgan fingerprint density at radius 3 is 2.61 bits per heavy atom. The zero-order valence-electron chi connectivity index (χ0n) is 19.8. The predicted octanol–water partition coefficient (Wildman–Crippen LogP) is 3.03. The van der Waals surface area contributed by atoms with E-state index in [-0.39, 0.29) is 0 Å². The third-order valence-corrected chi connectivity index (χ3v) is 4.96. The van der Waals surface area contributed by atoms with Crippen molar-refractivity contribution in [3.05, 3.63) is 29.6 Å². The number of aromatic nitrogens is 5. The standard InChI is InChI=1S/C19H26N8.C2H6.CH4O/c1-5-27-17-16(14(4)25-27)23-19(26-9-8-20-11-13(26)3)24-18(17)22-15-10-12(2)6-7-21-15;2*1-2/h6-7,10,13,20H,5,8-9,11H2,1-4H3,(H,21,22,23,24);1-2H3;2H,1H3. The molecule has 1 saturated heterocycles. The topological polar surface area (TPSA) is 104 Å². The molecule has 1 fully saturated rings. The van der Waals surface area contributed by atoms with Crippen LogP contribution in [0.3, 0.4) is 0 Å². The zero-order valence-corrected chi connectivity index (χ0v) is 19.8. The molecule has 0 radical (unpaired) electrons. The summed E-state index contributed by atoms with van der Waals surface area (Å²) in [5.74, 6) is 2.27. The number of anilines is 3. The zero-order chi connectivity index (χ0) is 23.0. The summed E-state index contributed by atoms with van der Waals surface area (Å²) < 4.78 is 1.95. The van der Waals surface area contributed by atoms with Gasteiger partial charge in [0.15, 0.2) is 5.82 Å². The van der Waals surface area contributed by atoms with Gasteiger partial charge in [0.05, 0.1) is 5.69 Å². The lowest BCUT2D eigenvalue weighted by atomic mass is 10.2. The maximum atomic E-state index is 7.00. The molecule has 4 rings (SSSR count). The van der Waals surface area contributed by atoms with Gasteiger partial charge in [-0.05, 0) is 45.4 Å². The number of aryl methyl sites for hydroxylation is 3. The van der Waals surface area contributed by atoms with Gasteiger partial charge in [-0.1, -0.05) is 13.8 Å². The van der Waals surface area contributed by atoms with Crippen LogP contribution in [0.2, 0.25) is 0 Å². The Morgan fingerprint density at radius 1 is 1.23 bits per heavy atom. The van der Waals surface area contributed by atoms with Crippen molar-refractivity contribution >= 4 is 28.6 Å². The molecule has 9 nitrogen and oxygen atoms in total. The van der Waals surface area contributed by atoms with E-state index in [4.69, 9.17) is 15.1 Å². The molecule has 3 N–H and O–H groups in total. The summed E-state index contributed by atoms with van der Waals surface area (Å²) in [5.41, 5.74) is 3.88. The average Bonchev–Trinajstić information content (AvgIpc) is 3.13. The Kier molecular flexibility index (Phi) is 9.14. The lowest BCUT2D eigenvalue weighted by Gasteiger charge is -2.34. The molecular weight excluding hydrogens is 392 g/mol. The monoisotopic (exact) mass is 428 g/mol. The summed E-state index contributed by atoms with van der Waals surface area (Å²) in [6.07, 6.45) is 1.80. The highest BCUT2D eigenvalue weighted by atomic mass is 16.2. The maximum Gasteiger partial charge on any atom is 0.228 e. The van der Waals surface area contributed by atoms with Crippen molar-refractivity contribution in [2.24, 2.45) is 0 Å². The maximum absolute atomic E-state index is 7.00. The van der Waals surface area contributed by atoms with E-state index in [1.807, 2.05) is 37.6 Å². The van der Waals surface area contributed by atoms with Gasteiger partial charge in [-0.3, -0.25) is 4.68 Å². The number of rotatable bonds is 4. The van der Waals surface area contributed by atoms with Gasteiger partial charge in [-0.15, -0.1) is 0 Å². The Bertz CT molecular complexity index is 972. The van der Waals surface area contributed by atoms with Crippen molar-refractivity contribution in [2.45, 2.75) is 54.1 Å². The molecule has 0 bridgehead atoms. The molecule has 0 saturated carbocycles. The van der Waals surface area contributed by atoms with E-state index in [2.05, 4.69) is 46.4 Å². The smallest absolute Gasteiger partial charge is 0.228 e. The molecule has 3 aromatic rings. The van der Waals surface area contributed by atoms with E-state index in [0.29, 0.717) is 6.04 Å². The SMILES string of the molecule is CC.CCn1nc(C)c2nc(N3CCNCC3C)nc(Nc3cc(C)ccn3)c21.CO. The van der Waals surface area contributed by atoms with Gasteiger partial charge in [-0.25, -0.2) is 9.97 Å². The first-order chi connectivity index (χ1) is 15.1. The molecule has 4 heterocycles. The number of nitrogens with one attached hydrogen (secondary N) is 2. The normalized spacial score (nSPS) is 15.6. The molecule has 9 heteroatoms. The van der Waals surface area contributed by atoms with Crippen LogP contribution in [0.15, 0.2) is 18.3 Å². The Balaban J connectivity index is 0.000000807. The second-order valence-corrected chi connectivity index (χ2v) is 7.06. The summed E-state index contributed by atoms with van der Waals surface area (Å²) in [4.78, 5) is 16.5. The molecule has 170 valence electrons. The first-order valence-electron chi connectivity index (χ1n) is 10.9. The fraction of sp³-hybridized carbons (Fsp3) is 0.545. The molecule has 1 atom stereocenters. The van der Waals surface area contributed by atoms with E-state index in [1.165, 1.54) is 0 Å². The van der Waals surface area contributed by atoms with Crippen molar-refractivity contribution in [1.29, 1.82) is 0 Å². The summed E-state index contributed by atoms with van der Waals surface area (Å²) >= 11 is 0. The number of fused-ring (bicyclic) bond motifs is 1. The van der Waals surface area contributed by atoms with Crippen LogP contribution >= 0.6 is 0 Å². The first-order valence-corrected chi connectivity index (χ1v) is 10.9. The molecule has 0 aromatic carbocycles. The van der Waals surface area contributed by atoms with Crippen LogP contribution in [-0.4, -0.2) is 62.6 Å². The number of hydrogen-bond donors (Lipinski definition) is 3. The summed E-state index contributed by atoms with van der Waals surface area (Å²) in [7, 11) is 1.00. The predicted molar refractivity (Wildman–Crippen MR) is 127 cm³/mol. The molecule has 1 aliphatic rings. The Hall–Kier alpha value is -2.78. The van der Waals surface area contributed by atoms with Crippen LogP contribution in [-0.2, 0) is 6.54 Å². The van der Waals surface area contributed by atoms with Gasteiger partial charge in [0.1, 0.15) is 16.9 Å². The van der Waals surface area contributed by atoms with E-state index in [1.54, 1.807) is 6.20 Å². The van der Waals surface area contributed by atoms with Crippen LogP contribution in [0.5, 0.6) is 0 Å². The van der Waals surface area contributed by atoms with E-state index >= 15 is 0 Å². The van der Waals surface area contributed by atoms with Crippen LogP contribution in [0.1, 0.15) is 39.0 Å². The van der Waals surface area contributed by atoms with Crippen molar-refractivity contribution < 1.29 is 5.11 Å². The van der Waals surface area contributed by atoms with Gasteiger partial charge in [0.25, 0.3) is 0 Å². The molecule has 0 amide bonds. The summed E-state index contributed by atoms with van der Waals surface area (Å²) in [6.45, 7) is 15.8. The molecular formula is C22H36N8O. The number of hydrogen-bond acceptors (Lipinski definition) is 8. The van der Waals surface area contributed by atoms with Crippen LogP contribution < -0.4 is 15.5 Å². The highest BCUT2D eigenvalue weighted by Gasteiger charge is 2.24. The van der Waals surface area contributed by atoms with Crippen LogP contribution in [0.25, 0.3) is 11.0 Å². The lowest BCUT2D eigenvalue weighted by molar-refractivity contribution is 0.399. The fourth-order valence-corrected chi connectivity index (χ4v) is 3.53. The van der Waals surface area contributed by atoms with Crippen LogP contribution in [0, 0.1) is 13.8 Å². The molecule has 1 unspecified atom stereocenters. The number of piperazine rings is 1. The largest absolute Gasteiger partial charge is 0.400 e. The van der Waals surface area contributed by atoms with Crippen molar-refractivity contribution in [3.8, 4) is 0 Å². The summed E-state index contributed by atoms with van der Waals surface area (Å²) in [6, 6.07) is 4.33. The molecule has 31 heavy (non-hydrogen) atoms. The minimum atomic E-state index is 0.336. The van der Waals surface area contributed by atoms with Gasteiger partial charge >= 0.3 is 0 Å². The van der Waals surface area contributed by atoms with E-state index in [9.17, 15) is 0 Å². The highest BCUT2D eigenvalue weighted by molar-refractivity contribution is 5.90. The summed E-state index contributed by atoms with van der Waals surface area (Å²) in [5, 5.41) is 18.5. The number of nitrogens with zero attached hydrogens (tertiary/aromatic N) is 6. The lowest BCUT2D eigenvalue weighted by Crippen LogP contribution is -2.50. The van der Waals surface area contributed by atoms with Crippen molar-refractivity contribution in [3.63, 3.8) is 0 Å². The minimum Gasteiger partial charge on any atom is -0.400 e. The second-order valence-electron chi connectivity index (χ2n) is 7.06. The molecule has 0 aliphatic carbocycles. The number of aliphatic hydroxyl groups excluding tert-OH is 1.